The van der Waals surface area contributed by atoms with Crippen molar-refractivity contribution in [1.29, 1.82) is 0 Å². The summed E-state index contributed by atoms with van der Waals surface area (Å²) in [4.78, 5) is 63.6. The number of nitrogens with zero attached hydrogens (tertiary/aromatic N) is 6. The maximum absolute atomic E-state index is 13.2. The van der Waals surface area contributed by atoms with Gasteiger partial charge in [-0.3, -0.25) is 19.2 Å². The molecule has 10 N–H and O–H groups in total. The van der Waals surface area contributed by atoms with Gasteiger partial charge in [0.05, 0.1) is 86.7 Å². The number of H-pyrrole nitrogens is 2. The Balaban J connectivity index is 1.06. The summed E-state index contributed by atoms with van der Waals surface area (Å²) in [6, 6.07) is 54.6. The first-order valence-electron chi connectivity index (χ1n) is 33.1. The summed E-state index contributed by atoms with van der Waals surface area (Å²) in [6.45, 7) is -2.47. The van der Waals surface area contributed by atoms with Gasteiger partial charge in [-0.05, 0) is 121 Å². The molecule has 0 amide bonds. The summed E-state index contributed by atoms with van der Waals surface area (Å²) < 4.78 is 122. The van der Waals surface area contributed by atoms with Crippen molar-refractivity contribution in [2.75, 3.05) is 26.2 Å². The minimum absolute atomic E-state index is 0.138. The molecule has 0 aliphatic carbocycles. The number of aromatic amines is 2. The maximum atomic E-state index is 13.2. The van der Waals surface area contributed by atoms with E-state index in [0.29, 0.717) is 112 Å². The number of pyridine rings is 4. The van der Waals surface area contributed by atoms with Crippen molar-refractivity contribution >= 4 is 110 Å². The third kappa shape index (κ3) is 16.6. The Kier molecular flexibility index (Phi) is 21.2. The predicted molar refractivity (Wildman–Crippen MR) is 395 cm³/mol. The predicted octanol–water partition coefficient (Wildman–Crippen LogP) is 6.12. The third-order valence-corrected chi connectivity index (χ3v) is 23.2. The van der Waals surface area contributed by atoms with E-state index >= 15 is 0 Å². The summed E-state index contributed by atoms with van der Waals surface area (Å²) >= 11 is 0. The van der Waals surface area contributed by atoms with E-state index in [4.69, 9.17) is 9.97 Å². The van der Waals surface area contributed by atoms with Gasteiger partial charge in [0, 0.05) is 70.8 Å². The SMILES string of the molecule is O=C(O)CNS(=O)(=O)c1ccc(C[n+]2ccccc2-c2c3nc(c(-c4cccc[n+]4Cc4ccc(S(=O)(=O)NCC(=O)O)cc4)c4ccc([nH]4)c(-c4cccc[n+]4Cc4ccc(S(=O)(=O)NCC(=O)O)cc4)c4nc(c(-c5cccc[n+]5Cc5ccc(S(=O)(=O)NCC(=O)O)cc5)c5ccc2[nH]5)C=C4)C=C3)cc1. The van der Waals surface area contributed by atoms with Gasteiger partial charge >= 0.3 is 23.9 Å². The van der Waals surface area contributed by atoms with Crippen LogP contribution in [0.5, 0.6) is 0 Å². The highest BCUT2D eigenvalue weighted by atomic mass is 32.2. The number of aromatic nitrogens is 8. The van der Waals surface area contributed by atoms with E-state index in [2.05, 4.69) is 28.9 Å². The Morgan fingerprint density at radius 1 is 0.296 bits per heavy atom. The van der Waals surface area contributed by atoms with Crippen LogP contribution in [-0.4, -0.2) is 124 Å². The average Bonchev–Trinajstić information content (AvgIpc) is 1.60. The first-order chi connectivity index (χ1) is 51.7. The van der Waals surface area contributed by atoms with E-state index in [-0.39, 0.29) is 45.8 Å². The van der Waals surface area contributed by atoms with Crippen molar-refractivity contribution in [2.24, 2.45) is 0 Å². The molecule has 8 bridgehead atoms. The normalized spacial score (nSPS) is 12.3. The van der Waals surface area contributed by atoms with Crippen LogP contribution in [0.25, 0.3) is 91.4 Å². The number of benzene rings is 4. The summed E-state index contributed by atoms with van der Waals surface area (Å²) in [7, 11) is -16.7. The van der Waals surface area contributed by atoms with Crippen LogP contribution in [0.3, 0.4) is 0 Å². The lowest BCUT2D eigenvalue weighted by molar-refractivity contribution is -0.677. The average molecular weight is 1530 g/mol. The Hall–Kier alpha value is -12.4. The summed E-state index contributed by atoms with van der Waals surface area (Å²) in [6.07, 6.45) is 15.1. The van der Waals surface area contributed by atoms with Crippen LogP contribution in [0.2, 0.25) is 0 Å². The van der Waals surface area contributed by atoms with E-state index in [1.807, 2.05) is 164 Å². The molecule has 108 heavy (non-hydrogen) atoms. The molecule has 13 rings (SSSR count). The molecule has 0 fully saturated rings. The van der Waals surface area contributed by atoms with Crippen LogP contribution >= 0.6 is 0 Å². The molecule has 9 heterocycles. The van der Waals surface area contributed by atoms with Gasteiger partial charge in [-0.1, -0.05) is 48.5 Å². The van der Waals surface area contributed by atoms with E-state index in [1.165, 1.54) is 48.5 Å². The second kappa shape index (κ2) is 31.0. The van der Waals surface area contributed by atoms with Crippen LogP contribution in [0.4, 0.5) is 0 Å². The molecule has 546 valence electrons. The van der Waals surface area contributed by atoms with Crippen molar-refractivity contribution < 1.29 is 91.5 Å². The van der Waals surface area contributed by atoms with Crippen LogP contribution in [0.1, 0.15) is 45.0 Å². The molecule has 0 saturated heterocycles. The smallest absolute Gasteiger partial charge is 0.318 e. The van der Waals surface area contributed by atoms with E-state index in [0.717, 1.165) is 0 Å². The van der Waals surface area contributed by atoms with Crippen LogP contribution < -0.4 is 37.2 Å². The monoisotopic (exact) mass is 1530 g/mol. The molecule has 2 aliphatic rings. The van der Waals surface area contributed by atoms with Gasteiger partial charge in [-0.15, -0.1) is 0 Å². The number of sulfonamides is 4. The number of carboxylic acids is 4. The highest BCUT2D eigenvalue weighted by Crippen LogP contribution is 2.37. The second-order valence-electron chi connectivity index (χ2n) is 24.8. The number of rotatable bonds is 28. The minimum atomic E-state index is -4.19. The lowest BCUT2D eigenvalue weighted by Gasteiger charge is -2.09. The van der Waals surface area contributed by atoms with Crippen molar-refractivity contribution in [2.45, 2.75) is 45.8 Å². The minimum Gasteiger partial charge on any atom is -0.480 e. The van der Waals surface area contributed by atoms with E-state index in [9.17, 15) is 73.3 Å². The lowest BCUT2D eigenvalue weighted by atomic mass is 10.1. The highest BCUT2D eigenvalue weighted by molar-refractivity contribution is 7.90. The van der Waals surface area contributed by atoms with Crippen LogP contribution in [-0.2, 0) is 85.5 Å². The molecule has 0 unspecified atom stereocenters. The molecule has 2 aliphatic heterocycles. The van der Waals surface area contributed by atoms with Gasteiger partial charge in [-0.2, -0.15) is 37.2 Å². The summed E-state index contributed by atoms with van der Waals surface area (Å²) in [5.74, 6) is -5.40. The molecule has 11 aromatic rings. The van der Waals surface area contributed by atoms with Crippen molar-refractivity contribution in [1.82, 2.24) is 38.8 Å². The van der Waals surface area contributed by atoms with E-state index in [1.54, 1.807) is 48.5 Å². The fourth-order valence-corrected chi connectivity index (χ4v) is 16.4. The maximum Gasteiger partial charge on any atom is 0.318 e. The standard InChI is InChI=1S/C76H62N12O16S4/c89-69(90)41-77-105(97,98)53-21-13-49(14-22-53)45-85-37-5-1-9-65(85)73-57-29-31-59(81-57)74(66-10-2-6-38-86(66)46-50-15-23-54(24-16-50)106(99,100)78-42-70(91)92)61-33-35-63(83-61)76(68-12-4-8-40-88(68)48-52-19-27-56(28-20-52)108(103,104)80-44-72(95)96)64-36-34-62(84-64)75(60-32-30-58(73)82-60)67-11-3-7-39-87(67)47-51-17-25-55(26-18-51)107(101,102)79-43-71(93)94/h1-40,77-80H,41-48H2,(H2-3,81,82,83,84,89,90,91,92,93,94,95,96)/p+4. The molecule has 4 aromatic carbocycles. The summed E-state index contributed by atoms with van der Waals surface area (Å²) in [5, 5.41) is 37.0. The molecule has 28 nitrogen and oxygen atoms in total. The lowest BCUT2D eigenvalue weighted by Crippen LogP contribution is -2.36. The fraction of sp³-hybridized carbons (Fsp3) is 0.105. The Labute approximate surface area is 617 Å². The first-order valence-corrected chi connectivity index (χ1v) is 39.0. The molecule has 7 aromatic heterocycles. The molecule has 0 saturated carbocycles. The molecule has 0 spiro atoms. The zero-order chi connectivity index (χ0) is 76.1. The van der Waals surface area contributed by atoms with Gasteiger partial charge in [0.2, 0.25) is 62.9 Å². The van der Waals surface area contributed by atoms with Gasteiger partial charge in [0.1, 0.15) is 26.2 Å². The quantitative estimate of drug-likeness (QED) is 0.0247. The van der Waals surface area contributed by atoms with Gasteiger partial charge in [-0.25, -0.2) is 43.6 Å². The number of aliphatic carboxylic acids is 4. The van der Waals surface area contributed by atoms with Gasteiger partial charge in [0.25, 0.3) is 0 Å². The number of fused-ring (bicyclic) bond motifs is 8. The largest absolute Gasteiger partial charge is 0.480 e. The topological polar surface area (TPSA) is 407 Å². The third-order valence-electron chi connectivity index (χ3n) is 17.5. The fourth-order valence-electron chi connectivity index (χ4n) is 12.5. The van der Waals surface area contributed by atoms with Crippen molar-refractivity contribution in [3.05, 3.63) is 264 Å². The van der Waals surface area contributed by atoms with E-state index < -0.39 is 90.1 Å². The molecule has 0 radical (unpaired) electrons. The molecule has 0 atom stereocenters. The number of carbonyl (C=O) groups is 4. The number of hydrogen-bond donors (Lipinski definition) is 10. The Morgan fingerprint density at radius 2 is 0.500 bits per heavy atom. The molecular formula is C76H66N12O16S4+4. The zero-order valence-corrected chi connectivity index (χ0v) is 60.0. The van der Waals surface area contributed by atoms with Crippen LogP contribution in [0.15, 0.2) is 238 Å². The Morgan fingerprint density at radius 3 is 0.694 bits per heavy atom. The van der Waals surface area contributed by atoms with Crippen LogP contribution in [0, 0.1) is 0 Å². The van der Waals surface area contributed by atoms with Gasteiger partial charge < -0.3 is 30.4 Å². The zero-order valence-electron chi connectivity index (χ0n) is 56.8. The number of hydrogen-bond acceptors (Lipinski definition) is 14. The molecule has 32 heteroatoms. The summed E-state index contributed by atoms with van der Waals surface area (Å²) in [5.41, 5.74) is 12.0. The van der Waals surface area contributed by atoms with Crippen molar-refractivity contribution in [3.63, 3.8) is 0 Å². The number of carboxylic acid groups (broad SMARTS) is 4. The highest BCUT2D eigenvalue weighted by Gasteiger charge is 2.30. The number of nitrogens with one attached hydrogen (secondary N) is 6. The van der Waals surface area contributed by atoms with Gasteiger partial charge in [0.15, 0.2) is 51.0 Å². The first kappa shape index (κ1) is 73.9. The Bertz CT molecular complexity index is 5420. The molecular weight excluding hydrogens is 1470 g/mol. The second-order valence-corrected chi connectivity index (χ2v) is 31.9. The van der Waals surface area contributed by atoms with Crippen molar-refractivity contribution in [3.8, 4) is 45.0 Å².